The van der Waals surface area contributed by atoms with Crippen LogP contribution in [0.4, 0.5) is 0 Å². The van der Waals surface area contributed by atoms with E-state index < -0.39 is 0 Å². The summed E-state index contributed by atoms with van der Waals surface area (Å²) in [6.45, 7) is 5.68. The molecule has 3 atom stereocenters. The smallest absolute Gasteiger partial charge is 0.257 e. The summed E-state index contributed by atoms with van der Waals surface area (Å²) >= 11 is 0. The third-order valence-corrected chi connectivity index (χ3v) is 5.86. The molecule has 9 heteroatoms. The zero-order valence-electron chi connectivity index (χ0n) is 17.6. The second kappa shape index (κ2) is 8.94. The van der Waals surface area contributed by atoms with Gasteiger partial charge in [-0.15, -0.1) is 0 Å². The van der Waals surface area contributed by atoms with E-state index in [4.69, 9.17) is 4.74 Å². The molecule has 0 aliphatic carbocycles. The summed E-state index contributed by atoms with van der Waals surface area (Å²) in [6, 6.07) is -0.267. The van der Waals surface area contributed by atoms with E-state index in [1.165, 1.54) is 12.4 Å². The number of rotatable bonds is 7. The fraction of sp³-hybridized carbons (Fsp3) is 0.700. The molecule has 29 heavy (non-hydrogen) atoms. The van der Waals surface area contributed by atoms with Gasteiger partial charge in [0.25, 0.3) is 5.91 Å². The third-order valence-electron chi connectivity index (χ3n) is 5.86. The highest BCUT2D eigenvalue weighted by molar-refractivity contribution is 5.97. The van der Waals surface area contributed by atoms with Gasteiger partial charge in [0, 0.05) is 39.5 Å². The second-order valence-corrected chi connectivity index (χ2v) is 8.42. The molecule has 0 unspecified atom stereocenters. The summed E-state index contributed by atoms with van der Waals surface area (Å²) in [5.74, 6) is -0.144. The number of likely N-dealkylation sites (N-methyl/N-ethyl adjacent to an activating group) is 1. The molecule has 0 saturated carbocycles. The number of carbonyl (C=O) groups is 3. The van der Waals surface area contributed by atoms with E-state index in [1.54, 1.807) is 24.0 Å². The number of fused-ring (bicyclic) bond motifs is 1. The predicted octanol–water partition coefficient (Wildman–Crippen LogP) is 0.602. The molecule has 3 rings (SSSR count). The van der Waals surface area contributed by atoms with Crippen molar-refractivity contribution in [3.63, 3.8) is 0 Å². The average Bonchev–Trinajstić information content (AvgIpc) is 3.33. The van der Waals surface area contributed by atoms with Gasteiger partial charge in [0.1, 0.15) is 6.54 Å². The minimum atomic E-state index is -0.253. The van der Waals surface area contributed by atoms with Gasteiger partial charge in [0.15, 0.2) is 0 Å². The Kier molecular flexibility index (Phi) is 6.56. The molecule has 2 saturated heterocycles. The molecule has 1 aromatic heterocycles. The molecule has 2 aliphatic rings. The van der Waals surface area contributed by atoms with Crippen molar-refractivity contribution in [2.45, 2.75) is 38.8 Å². The highest BCUT2D eigenvalue weighted by Crippen LogP contribution is 2.37. The Morgan fingerprint density at radius 1 is 1.41 bits per heavy atom. The minimum absolute atomic E-state index is 0.0372. The summed E-state index contributed by atoms with van der Waals surface area (Å²) in [7, 11) is 3.39. The fourth-order valence-electron chi connectivity index (χ4n) is 4.50. The number of piperazine rings is 1. The molecule has 2 aliphatic heterocycles. The zero-order valence-corrected chi connectivity index (χ0v) is 17.6. The number of hydrogen-bond donors (Lipinski definition) is 1. The summed E-state index contributed by atoms with van der Waals surface area (Å²) in [4.78, 5) is 44.0. The Morgan fingerprint density at radius 3 is 2.79 bits per heavy atom. The van der Waals surface area contributed by atoms with E-state index in [-0.39, 0.29) is 42.3 Å². The molecule has 0 spiro atoms. The van der Waals surface area contributed by atoms with Crippen LogP contribution in [0.2, 0.25) is 0 Å². The van der Waals surface area contributed by atoms with Gasteiger partial charge in [-0.2, -0.15) is 5.10 Å². The Hall–Kier alpha value is -2.42. The van der Waals surface area contributed by atoms with Crippen molar-refractivity contribution < 1.29 is 19.1 Å². The van der Waals surface area contributed by atoms with Gasteiger partial charge in [-0.25, -0.2) is 0 Å². The largest absolute Gasteiger partial charge is 0.383 e. The minimum Gasteiger partial charge on any atom is -0.383 e. The molecule has 0 aromatic carbocycles. The molecule has 1 aromatic rings. The number of nitrogens with one attached hydrogen (secondary N) is 1. The van der Waals surface area contributed by atoms with E-state index >= 15 is 0 Å². The molecule has 160 valence electrons. The van der Waals surface area contributed by atoms with Crippen LogP contribution in [-0.4, -0.2) is 95.1 Å². The highest BCUT2D eigenvalue weighted by Gasteiger charge is 2.50. The number of carbonyl (C=O) groups excluding carboxylic acids is 3. The lowest BCUT2D eigenvalue weighted by molar-refractivity contribution is -0.141. The first-order chi connectivity index (χ1) is 13.8. The number of aromatic nitrogens is 2. The number of nitrogens with zero attached hydrogens (tertiary/aromatic N) is 4. The Morgan fingerprint density at radius 2 is 2.17 bits per heavy atom. The van der Waals surface area contributed by atoms with Crippen molar-refractivity contribution in [3.05, 3.63) is 18.0 Å². The standard InChI is InChI=1S/C20H31N5O4/c1-13(2)7-17-16(20(28)23(3)5-6-29-4)8-15-11-24(12-18(26)25(15)17)19(27)14-9-21-22-10-14/h9-10,13,15-17H,5-8,11-12H2,1-4H3,(H,21,22)/t15-,16-,17-/m0/s1. The average molecular weight is 405 g/mol. The van der Waals surface area contributed by atoms with Crippen LogP contribution in [0, 0.1) is 11.8 Å². The molecular weight excluding hydrogens is 374 g/mol. The lowest BCUT2D eigenvalue weighted by Gasteiger charge is -2.40. The van der Waals surface area contributed by atoms with E-state index in [0.717, 1.165) is 6.42 Å². The first kappa shape index (κ1) is 21.3. The van der Waals surface area contributed by atoms with Gasteiger partial charge in [-0.3, -0.25) is 19.5 Å². The van der Waals surface area contributed by atoms with Crippen molar-refractivity contribution in [1.82, 2.24) is 24.9 Å². The molecular formula is C20H31N5O4. The number of amides is 3. The first-order valence-corrected chi connectivity index (χ1v) is 10.2. The third kappa shape index (κ3) is 4.44. The molecule has 1 N–H and O–H groups in total. The molecule has 3 amide bonds. The van der Waals surface area contributed by atoms with Crippen LogP contribution in [0.3, 0.4) is 0 Å². The topological polar surface area (TPSA) is 98.8 Å². The summed E-state index contributed by atoms with van der Waals surface area (Å²) in [5.41, 5.74) is 0.440. The monoisotopic (exact) mass is 405 g/mol. The molecule has 3 heterocycles. The summed E-state index contributed by atoms with van der Waals surface area (Å²) in [6.07, 6.45) is 4.35. The van der Waals surface area contributed by atoms with E-state index in [1.807, 2.05) is 4.90 Å². The maximum absolute atomic E-state index is 13.1. The van der Waals surface area contributed by atoms with Crippen LogP contribution in [0.15, 0.2) is 12.4 Å². The normalized spacial score (nSPS) is 24.2. The lowest BCUT2D eigenvalue weighted by Crippen LogP contribution is -2.58. The van der Waals surface area contributed by atoms with Gasteiger partial charge < -0.3 is 19.4 Å². The van der Waals surface area contributed by atoms with Crippen LogP contribution in [0.25, 0.3) is 0 Å². The number of aromatic amines is 1. The van der Waals surface area contributed by atoms with E-state index in [2.05, 4.69) is 24.0 Å². The summed E-state index contributed by atoms with van der Waals surface area (Å²) in [5, 5.41) is 6.45. The van der Waals surface area contributed by atoms with Crippen molar-refractivity contribution >= 4 is 17.7 Å². The number of H-pyrrole nitrogens is 1. The second-order valence-electron chi connectivity index (χ2n) is 8.42. The van der Waals surface area contributed by atoms with Gasteiger partial charge in [-0.1, -0.05) is 13.8 Å². The summed E-state index contributed by atoms with van der Waals surface area (Å²) < 4.78 is 5.09. The van der Waals surface area contributed by atoms with Crippen LogP contribution in [0.5, 0.6) is 0 Å². The fourth-order valence-corrected chi connectivity index (χ4v) is 4.50. The Bertz CT molecular complexity index is 735. The first-order valence-electron chi connectivity index (χ1n) is 10.2. The molecule has 9 nitrogen and oxygen atoms in total. The predicted molar refractivity (Wildman–Crippen MR) is 106 cm³/mol. The maximum Gasteiger partial charge on any atom is 0.257 e. The van der Waals surface area contributed by atoms with Crippen molar-refractivity contribution in [2.75, 3.05) is 40.4 Å². The van der Waals surface area contributed by atoms with Crippen LogP contribution in [0.1, 0.15) is 37.0 Å². The molecule has 0 bridgehead atoms. The zero-order chi connectivity index (χ0) is 21.1. The van der Waals surface area contributed by atoms with Crippen LogP contribution >= 0.6 is 0 Å². The number of hydrogen-bond acceptors (Lipinski definition) is 5. The van der Waals surface area contributed by atoms with Gasteiger partial charge in [-0.05, 0) is 18.8 Å². The van der Waals surface area contributed by atoms with Gasteiger partial charge >= 0.3 is 0 Å². The SMILES string of the molecule is COCCN(C)C(=O)[C@H]1C[C@H]2CN(C(=O)c3cn[nH]c3)CC(=O)N2[C@H]1CC(C)C. The quantitative estimate of drug-likeness (QED) is 0.716. The lowest BCUT2D eigenvalue weighted by atomic mass is 9.91. The van der Waals surface area contributed by atoms with Crippen LogP contribution in [-0.2, 0) is 14.3 Å². The van der Waals surface area contributed by atoms with Crippen molar-refractivity contribution in [2.24, 2.45) is 11.8 Å². The highest BCUT2D eigenvalue weighted by atomic mass is 16.5. The van der Waals surface area contributed by atoms with E-state index in [9.17, 15) is 14.4 Å². The van der Waals surface area contributed by atoms with Crippen LogP contribution < -0.4 is 0 Å². The van der Waals surface area contributed by atoms with Gasteiger partial charge in [0.2, 0.25) is 11.8 Å². The Labute approximate surface area is 171 Å². The van der Waals surface area contributed by atoms with Crippen molar-refractivity contribution in [1.29, 1.82) is 0 Å². The number of methoxy groups -OCH3 is 1. The molecule has 0 radical (unpaired) electrons. The van der Waals surface area contributed by atoms with Crippen molar-refractivity contribution in [3.8, 4) is 0 Å². The van der Waals surface area contributed by atoms with Gasteiger partial charge in [0.05, 0.1) is 30.3 Å². The van der Waals surface area contributed by atoms with E-state index in [0.29, 0.717) is 37.6 Å². The maximum atomic E-state index is 13.1. The Balaban J connectivity index is 1.78. The molecule has 2 fully saturated rings. The number of ether oxygens (including phenoxy) is 1.